The summed E-state index contributed by atoms with van der Waals surface area (Å²) in [6.07, 6.45) is 1.03. The molecule has 4 heteroatoms. The third-order valence-electron chi connectivity index (χ3n) is 4.28. The lowest BCUT2D eigenvalue weighted by molar-refractivity contribution is 0.175. The molecule has 1 heterocycles. The van der Waals surface area contributed by atoms with E-state index in [4.69, 9.17) is 9.72 Å². The van der Waals surface area contributed by atoms with E-state index >= 15 is 0 Å². The molecule has 0 bridgehead atoms. The van der Waals surface area contributed by atoms with Crippen molar-refractivity contribution in [1.29, 1.82) is 0 Å². The number of thiazole rings is 1. The Kier molecular flexibility index (Phi) is 6.82. The van der Waals surface area contributed by atoms with Crippen molar-refractivity contribution < 1.29 is 4.74 Å². The number of nitrogens with zero attached hydrogens (tertiary/aromatic N) is 1. The summed E-state index contributed by atoms with van der Waals surface area (Å²) in [5.74, 6) is 0.606. The monoisotopic (exact) mass is 312 g/mol. The molecule has 0 aliphatic carbocycles. The van der Waals surface area contributed by atoms with Crippen LogP contribution in [0.4, 0.5) is 0 Å². The molecule has 1 unspecified atom stereocenters. The van der Waals surface area contributed by atoms with Crippen LogP contribution in [0.5, 0.6) is 0 Å². The van der Waals surface area contributed by atoms with Crippen LogP contribution in [0.25, 0.3) is 0 Å². The van der Waals surface area contributed by atoms with Gasteiger partial charge in [-0.1, -0.05) is 41.5 Å². The highest BCUT2D eigenvalue weighted by atomic mass is 32.1. The fourth-order valence-corrected chi connectivity index (χ4v) is 3.32. The van der Waals surface area contributed by atoms with Gasteiger partial charge >= 0.3 is 0 Å². The van der Waals surface area contributed by atoms with Crippen molar-refractivity contribution in [2.75, 3.05) is 26.8 Å². The molecule has 0 spiro atoms. The second-order valence-corrected chi connectivity index (χ2v) is 8.47. The van der Waals surface area contributed by atoms with Crippen LogP contribution in [0.15, 0.2) is 5.38 Å². The molecule has 0 saturated carbocycles. The van der Waals surface area contributed by atoms with Crippen molar-refractivity contribution in [2.45, 2.75) is 53.4 Å². The van der Waals surface area contributed by atoms with E-state index in [0.29, 0.717) is 5.92 Å². The Morgan fingerprint density at radius 3 is 2.43 bits per heavy atom. The first kappa shape index (κ1) is 18.6. The van der Waals surface area contributed by atoms with Crippen molar-refractivity contribution in [3.8, 4) is 0 Å². The standard InChI is InChI=1S/C17H32N2OS/c1-13(2)17(6,12-18-8-9-20-7)10-15-19-14(11-21-15)16(3,4)5/h11,13,18H,8-10,12H2,1-7H3. The second-order valence-electron chi connectivity index (χ2n) is 7.53. The quantitative estimate of drug-likeness (QED) is 0.740. The summed E-state index contributed by atoms with van der Waals surface area (Å²) in [7, 11) is 1.74. The summed E-state index contributed by atoms with van der Waals surface area (Å²) in [6, 6.07) is 0. The Hall–Kier alpha value is -0.450. The molecule has 1 aromatic heterocycles. The third kappa shape index (κ3) is 5.68. The van der Waals surface area contributed by atoms with Gasteiger partial charge in [0.1, 0.15) is 0 Å². The molecule has 0 aliphatic rings. The lowest BCUT2D eigenvalue weighted by Crippen LogP contribution is -2.39. The molecule has 0 amide bonds. The summed E-state index contributed by atoms with van der Waals surface area (Å²) in [5.41, 5.74) is 1.57. The summed E-state index contributed by atoms with van der Waals surface area (Å²) in [4.78, 5) is 4.86. The Bertz CT molecular complexity index is 423. The van der Waals surface area contributed by atoms with Crippen molar-refractivity contribution >= 4 is 11.3 Å². The molecule has 0 aromatic carbocycles. The maximum Gasteiger partial charge on any atom is 0.0934 e. The van der Waals surface area contributed by atoms with E-state index < -0.39 is 0 Å². The van der Waals surface area contributed by atoms with Crippen LogP contribution < -0.4 is 5.32 Å². The van der Waals surface area contributed by atoms with E-state index in [-0.39, 0.29) is 10.8 Å². The molecule has 1 rings (SSSR count). The lowest BCUT2D eigenvalue weighted by atomic mass is 9.76. The first-order valence-electron chi connectivity index (χ1n) is 7.83. The highest BCUT2D eigenvalue weighted by molar-refractivity contribution is 7.09. The van der Waals surface area contributed by atoms with E-state index in [0.717, 1.165) is 26.1 Å². The van der Waals surface area contributed by atoms with E-state index in [9.17, 15) is 0 Å². The molecule has 3 nitrogen and oxygen atoms in total. The third-order valence-corrected chi connectivity index (χ3v) is 5.13. The minimum atomic E-state index is 0.139. The minimum absolute atomic E-state index is 0.139. The van der Waals surface area contributed by atoms with Gasteiger partial charge in [-0.25, -0.2) is 4.98 Å². The maximum absolute atomic E-state index is 5.10. The summed E-state index contributed by atoms with van der Waals surface area (Å²) in [6.45, 7) is 16.3. The zero-order valence-corrected chi connectivity index (χ0v) is 15.6. The van der Waals surface area contributed by atoms with Gasteiger partial charge in [0.2, 0.25) is 0 Å². The van der Waals surface area contributed by atoms with Gasteiger partial charge < -0.3 is 10.1 Å². The smallest absolute Gasteiger partial charge is 0.0934 e. The van der Waals surface area contributed by atoms with Crippen LogP contribution in [0.2, 0.25) is 0 Å². The lowest BCUT2D eigenvalue weighted by Gasteiger charge is -2.33. The fourth-order valence-electron chi connectivity index (χ4n) is 2.10. The normalized spacial score (nSPS) is 15.4. The molecule has 21 heavy (non-hydrogen) atoms. The number of hydrogen-bond acceptors (Lipinski definition) is 4. The van der Waals surface area contributed by atoms with E-state index in [1.807, 2.05) is 0 Å². The van der Waals surface area contributed by atoms with Crippen molar-refractivity contribution in [2.24, 2.45) is 11.3 Å². The van der Waals surface area contributed by atoms with Gasteiger partial charge in [0, 0.05) is 37.4 Å². The van der Waals surface area contributed by atoms with E-state index in [1.165, 1.54) is 10.7 Å². The molecule has 0 saturated heterocycles. The average molecular weight is 313 g/mol. The van der Waals surface area contributed by atoms with Crippen LogP contribution in [-0.2, 0) is 16.6 Å². The largest absolute Gasteiger partial charge is 0.383 e. The van der Waals surface area contributed by atoms with E-state index in [2.05, 4.69) is 52.2 Å². The fraction of sp³-hybridized carbons (Fsp3) is 0.824. The Morgan fingerprint density at radius 1 is 1.29 bits per heavy atom. The molecule has 1 atom stereocenters. The maximum atomic E-state index is 5.10. The SMILES string of the molecule is COCCNCC(C)(Cc1nc(C(C)(C)C)cs1)C(C)C. The zero-order chi connectivity index (χ0) is 16.1. The van der Waals surface area contributed by atoms with Gasteiger partial charge in [-0.2, -0.15) is 0 Å². The number of aromatic nitrogens is 1. The van der Waals surface area contributed by atoms with Crippen LogP contribution in [0.3, 0.4) is 0 Å². The van der Waals surface area contributed by atoms with Gasteiger partial charge in [0.25, 0.3) is 0 Å². The summed E-state index contributed by atoms with van der Waals surface area (Å²) >= 11 is 1.80. The van der Waals surface area contributed by atoms with Crippen LogP contribution >= 0.6 is 11.3 Å². The van der Waals surface area contributed by atoms with Crippen LogP contribution in [-0.4, -0.2) is 31.8 Å². The van der Waals surface area contributed by atoms with Crippen molar-refractivity contribution in [1.82, 2.24) is 10.3 Å². The topological polar surface area (TPSA) is 34.1 Å². The Labute approximate surface area is 134 Å². The Balaban J connectivity index is 2.71. The summed E-state index contributed by atoms with van der Waals surface area (Å²) < 4.78 is 5.10. The molecule has 0 radical (unpaired) electrons. The highest BCUT2D eigenvalue weighted by Crippen LogP contribution is 2.33. The zero-order valence-electron chi connectivity index (χ0n) is 14.7. The van der Waals surface area contributed by atoms with Crippen LogP contribution in [0.1, 0.15) is 52.2 Å². The van der Waals surface area contributed by atoms with Gasteiger partial charge in [-0.3, -0.25) is 0 Å². The summed E-state index contributed by atoms with van der Waals surface area (Å²) in [5, 5.41) is 6.99. The van der Waals surface area contributed by atoms with Gasteiger partial charge in [0.15, 0.2) is 0 Å². The Morgan fingerprint density at radius 2 is 1.95 bits per heavy atom. The average Bonchev–Trinajstić information content (AvgIpc) is 2.82. The predicted octanol–water partition coefficient (Wildman–Crippen LogP) is 3.88. The van der Waals surface area contributed by atoms with Crippen LogP contribution in [0, 0.1) is 11.3 Å². The van der Waals surface area contributed by atoms with E-state index in [1.54, 1.807) is 18.4 Å². The number of methoxy groups -OCH3 is 1. The predicted molar refractivity (Wildman–Crippen MR) is 92.2 cm³/mol. The molecule has 1 N–H and O–H groups in total. The molecular weight excluding hydrogens is 280 g/mol. The molecule has 0 aliphatic heterocycles. The molecule has 122 valence electrons. The molecule has 1 aromatic rings. The first-order chi connectivity index (χ1) is 9.69. The van der Waals surface area contributed by atoms with Crippen molar-refractivity contribution in [3.05, 3.63) is 16.1 Å². The number of hydrogen-bond donors (Lipinski definition) is 1. The second kappa shape index (κ2) is 7.70. The minimum Gasteiger partial charge on any atom is -0.383 e. The van der Waals surface area contributed by atoms with Crippen molar-refractivity contribution in [3.63, 3.8) is 0 Å². The number of rotatable bonds is 8. The number of ether oxygens (including phenoxy) is 1. The first-order valence-corrected chi connectivity index (χ1v) is 8.71. The number of nitrogens with one attached hydrogen (secondary N) is 1. The van der Waals surface area contributed by atoms with Gasteiger partial charge in [-0.05, 0) is 11.3 Å². The van der Waals surface area contributed by atoms with Gasteiger partial charge in [-0.15, -0.1) is 11.3 Å². The highest BCUT2D eigenvalue weighted by Gasteiger charge is 2.30. The molecule has 0 fully saturated rings. The molecular formula is C17H32N2OS. The van der Waals surface area contributed by atoms with Gasteiger partial charge in [0.05, 0.1) is 17.3 Å².